The minimum absolute atomic E-state index is 0. The first-order valence-electron chi connectivity index (χ1n) is 2.15. The Kier molecular flexibility index (Phi) is 2.19. The van der Waals surface area contributed by atoms with E-state index in [1.807, 2.05) is 0 Å². The normalized spacial score (nSPS) is 32.8. The summed E-state index contributed by atoms with van der Waals surface area (Å²) in [4.78, 5) is 3.68. The van der Waals surface area contributed by atoms with Gasteiger partial charge < -0.3 is 5.11 Å². The topological polar surface area (TPSA) is 32.6 Å². The van der Waals surface area contributed by atoms with Gasteiger partial charge in [0.15, 0.2) is 0 Å². The third-order valence-corrected chi connectivity index (χ3v) is 0.834. The van der Waals surface area contributed by atoms with Gasteiger partial charge in [-0.25, -0.2) is 0 Å². The van der Waals surface area contributed by atoms with Gasteiger partial charge in [-0.3, -0.25) is 4.99 Å². The number of halogens is 1. The van der Waals surface area contributed by atoms with Crippen molar-refractivity contribution in [1.29, 1.82) is 0 Å². The molecule has 8 heavy (non-hydrogen) atoms. The van der Waals surface area contributed by atoms with Crippen molar-refractivity contribution in [3.05, 3.63) is 12.3 Å². The minimum Gasteiger partial charge on any atom is -0.380 e. The van der Waals surface area contributed by atoms with E-state index in [4.69, 9.17) is 5.11 Å². The van der Waals surface area contributed by atoms with E-state index in [2.05, 4.69) is 4.99 Å². The van der Waals surface area contributed by atoms with E-state index in [1.54, 1.807) is 19.2 Å². The maximum atomic E-state index is 8.96. The lowest BCUT2D eigenvalue weighted by atomic mass is 10.1. The fourth-order valence-electron chi connectivity index (χ4n) is 0.431. The highest BCUT2D eigenvalue weighted by Gasteiger charge is 2.14. The first kappa shape index (κ1) is 7.66. The van der Waals surface area contributed by atoms with Crippen molar-refractivity contribution >= 4 is 18.6 Å². The van der Waals surface area contributed by atoms with E-state index in [0.29, 0.717) is 0 Å². The summed E-state index contributed by atoms with van der Waals surface area (Å²) in [6, 6.07) is 0. The van der Waals surface area contributed by atoms with Crippen LogP contribution in [0.1, 0.15) is 6.92 Å². The molecule has 1 atom stereocenters. The Morgan fingerprint density at radius 2 is 2.25 bits per heavy atom. The Balaban J connectivity index is 0.000000490. The number of aliphatic imine (C=N–C) groups is 1. The standard InChI is InChI=1S/C5H7NO.ClH/c1-5(7)2-3-6-4-5;/h2-4,7H,1H3;1H. The molecule has 1 heterocycles. The molecule has 1 aliphatic heterocycles. The van der Waals surface area contributed by atoms with Gasteiger partial charge in [0.25, 0.3) is 0 Å². The van der Waals surface area contributed by atoms with Crippen LogP contribution in [-0.4, -0.2) is 16.9 Å². The molecule has 0 aromatic rings. The average molecular weight is 134 g/mol. The molecule has 1 N–H and O–H groups in total. The molecule has 0 aromatic heterocycles. The van der Waals surface area contributed by atoms with Crippen molar-refractivity contribution in [3.8, 4) is 0 Å². The van der Waals surface area contributed by atoms with Crippen molar-refractivity contribution in [3.63, 3.8) is 0 Å². The van der Waals surface area contributed by atoms with Gasteiger partial charge in [0.2, 0.25) is 0 Å². The first-order chi connectivity index (χ1) is 3.21. The molecule has 2 nitrogen and oxygen atoms in total. The molecule has 0 spiro atoms. The summed E-state index contributed by atoms with van der Waals surface area (Å²) in [5.41, 5.74) is -0.778. The molecule has 1 unspecified atom stereocenters. The number of hydrogen-bond donors (Lipinski definition) is 1. The van der Waals surface area contributed by atoms with Crippen LogP contribution >= 0.6 is 12.4 Å². The summed E-state index contributed by atoms with van der Waals surface area (Å²) in [5, 5.41) is 8.96. The van der Waals surface area contributed by atoms with Crippen LogP contribution in [0.5, 0.6) is 0 Å². The molecule has 0 aromatic carbocycles. The van der Waals surface area contributed by atoms with Gasteiger partial charge in [0.1, 0.15) is 5.60 Å². The fraction of sp³-hybridized carbons (Fsp3) is 0.400. The van der Waals surface area contributed by atoms with Gasteiger partial charge in [-0.1, -0.05) is 0 Å². The average Bonchev–Trinajstić information content (AvgIpc) is 1.84. The Labute approximate surface area is 54.3 Å². The van der Waals surface area contributed by atoms with E-state index in [9.17, 15) is 0 Å². The Bertz CT molecular complexity index is 114. The Morgan fingerprint density at radius 1 is 1.62 bits per heavy atom. The summed E-state index contributed by atoms with van der Waals surface area (Å²) in [6.07, 6.45) is 4.71. The smallest absolute Gasteiger partial charge is 0.117 e. The molecule has 0 bridgehead atoms. The van der Waals surface area contributed by atoms with Crippen molar-refractivity contribution in [1.82, 2.24) is 0 Å². The second-order valence-electron chi connectivity index (χ2n) is 1.82. The van der Waals surface area contributed by atoms with Crippen LogP contribution in [-0.2, 0) is 0 Å². The number of aliphatic hydroxyl groups is 1. The highest BCUT2D eigenvalue weighted by atomic mass is 35.5. The van der Waals surface area contributed by atoms with Crippen molar-refractivity contribution < 1.29 is 5.11 Å². The summed E-state index contributed by atoms with van der Waals surface area (Å²) in [5.74, 6) is 0. The van der Waals surface area contributed by atoms with E-state index in [0.717, 1.165) is 0 Å². The molecule has 0 aliphatic carbocycles. The highest BCUT2D eigenvalue weighted by Crippen LogP contribution is 2.06. The van der Waals surface area contributed by atoms with Gasteiger partial charge in [0, 0.05) is 12.4 Å². The monoisotopic (exact) mass is 133 g/mol. The fourth-order valence-corrected chi connectivity index (χ4v) is 0.431. The zero-order valence-electron chi connectivity index (χ0n) is 4.53. The van der Waals surface area contributed by atoms with E-state index < -0.39 is 5.60 Å². The van der Waals surface area contributed by atoms with E-state index in [-0.39, 0.29) is 12.4 Å². The van der Waals surface area contributed by atoms with Crippen LogP contribution in [0.3, 0.4) is 0 Å². The Morgan fingerprint density at radius 3 is 2.38 bits per heavy atom. The predicted molar refractivity (Wildman–Crippen MR) is 35.5 cm³/mol. The number of nitrogens with zero attached hydrogens (tertiary/aromatic N) is 1. The van der Waals surface area contributed by atoms with Crippen LogP contribution in [0.25, 0.3) is 0 Å². The van der Waals surface area contributed by atoms with Crippen molar-refractivity contribution in [2.24, 2.45) is 4.99 Å². The summed E-state index contributed by atoms with van der Waals surface area (Å²) >= 11 is 0. The first-order valence-corrected chi connectivity index (χ1v) is 2.15. The predicted octanol–water partition coefficient (Wildman–Crippen LogP) is 0.757. The molecule has 46 valence electrons. The molecule has 0 amide bonds. The summed E-state index contributed by atoms with van der Waals surface area (Å²) in [6.45, 7) is 1.68. The third-order valence-electron chi connectivity index (χ3n) is 0.834. The Hall–Kier alpha value is -0.340. The summed E-state index contributed by atoms with van der Waals surface area (Å²) < 4.78 is 0. The molecule has 1 aliphatic rings. The second kappa shape index (κ2) is 2.29. The van der Waals surface area contributed by atoms with Gasteiger partial charge in [-0.2, -0.15) is 0 Å². The van der Waals surface area contributed by atoms with Gasteiger partial charge >= 0.3 is 0 Å². The van der Waals surface area contributed by atoms with E-state index >= 15 is 0 Å². The van der Waals surface area contributed by atoms with Crippen LogP contribution in [0, 0.1) is 0 Å². The highest BCUT2D eigenvalue weighted by molar-refractivity contribution is 5.85. The molecule has 0 fully saturated rings. The quantitative estimate of drug-likeness (QED) is 0.520. The van der Waals surface area contributed by atoms with Crippen molar-refractivity contribution in [2.75, 3.05) is 0 Å². The summed E-state index contributed by atoms with van der Waals surface area (Å²) in [7, 11) is 0. The van der Waals surface area contributed by atoms with E-state index in [1.165, 1.54) is 6.21 Å². The van der Waals surface area contributed by atoms with Gasteiger partial charge in [-0.15, -0.1) is 12.4 Å². The zero-order chi connectivity index (χ0) is 5.33. The number of hydrogen-bond acceptors (Lipinski definition) is 2. The van der Waals surface area contributed by atoms with Crippen molar-refractivity contribution in [2.45, 2.75) is 12.5 Å². The molecule has 3 heteroatoms. The maximum Gasteiger partial charge on any atom is 0.117 e. The second-order valence-corrected chi connectivity index (χ2v) is 1.82. The third kappa shape index (κ3) is 1.64. The van der Waals surface area contributed by atoms with Crippen LogP contribution in [0.2, 0.25) is 0 Å². The lowest BCUT2D eigenvalue weighted by molar-refractivity contribution is 0.192. The molecule has 1 rings (SSSR count). The van der Waals surface area contributed by atoms with Crippen LogP contribution < -0.4 is 0 Å². The molecule has 0 radical (unpaired) electrons. The minimum atomic E-state index is -0.778. The largest absolute Gasteiger partial charge is 0.380 e. The molecule has 0 saturated heterocycles. The molecular weight excluding hydrogens is 126 g/mol. The van der Waals surface area contributed by atoms with Gasteiger partial charge in [-0.05, 0) is 13.0 Å². The lowest BCUT2D eigenvalue weighted by Gasteiger charge is -2.04. The number of rotatable bonds is 0. The van der Waals surface area contributed by atoms with Crippen LogP contribution in [0.15, 0.2) is 17.3 Å². The lowest BCUT2D eigenvalue weighted by Crippen LogP contribution is -2.19. The molecular formula is C5H8ClNO. The maximum absolute atomic E-state index is 8.96. The molecule has 0 saturated carbocycles. The van der Waals surface area contributed by atoms with Crippen LogP contribution in [0.4, 0.5) is 0 Å². The SMILES string of the molecule is CC1(O)C=CN=C1.Cl. The van der Waals surface area contributed by atoms with Gasteiger partial charge in [0.05, 0.1) is 0 Å². The zero-order valence-corrected chi connectivity index (χ0v) is 5.35.